The van der Waals surface area contributed by atoms with Crippen LogP contribution in [0.15, 0.2) is 42.5 Å². The molecule has 3 unspecified atom stereocenters. The van der Waals surface area contributed by atoms with Gasteiger partial charge in [-0.15, -0.1) is 0 Å². The molecule has 1 fully saturated rings. The minimum Gasteiger partial charge on any atom is -0.468 e. The summed E-state index contributed by atoms with van der Waals surface area (Å²) in [5.41, 5.74) is 0.977. The predicted molar refractivity (Wildman–Crippen MR) is 108 cm³/mol. The maximum absolute atomic E-state index is 13.7. The summed E-state index contributed by atoms with van der Waals surface area (Å²) in [5, 5.41) is -1.33. The monoisotopic (exact) mass is 425 g/mol. The Morgan fingerprint density at radius 1 is 1.25 bits per heavy atom. The van der Waals surface area contributed by atoms with Gasteiger partial charge in [0.2, 0.25) is 0 Å². The Hall–Kier alpha value is -1.73. The van der Waals surface area contributed by atoms with Crippen LogP contribution in [0.1, 0.15) is 24.4 Å². The summed E-state index contributed by atoms with van der Waals surface area (Å²) < 4.78 is 35.0. The van der Waals surface area contributed by atoms with E-state index < -0.39 is 24.8 Å². The molecule has 2 aliphatic rings. The van der Waals surface area contributed by atoms with Gasteiger partial charge in [0.25, 0.3) is 5.17 Å². The SMILES string of the molecule is COC(=O)C1(P(=O)(OC)OC)CCC=CC1N1C(=S)OCC1c1ccccc1. The van der Waals surface area contributed by atoms with Crippen molar-refractivity contribution >= 4 is 31.0 Å². The molecular weight excluding hydrogens is 401 g/mol. The first kappa shape index (κ1) is 21.0. The van der Waals surface area contributed by atoms with E-state index in [-0.39, 0.29) is 17.6 Å². The molecule has 7 nitrogen and oxygen atoms in total. The van der Waals surface area contributed by atoms with Crippen LogP contribution in [-0.2, 0) is 27.9 Å². The highest BCUT2D eigenvalue weighted by Crippen LogP contribution is 2.65. The van der Waals surface area contributed by atoms with Crippen molar-refractivity contribution < 1.29 is 27.9 Å². The summed E-state index contributed by atoms with van der Waals surface area (Å²) in [6.07, 6.45) is 4.52. The van der Waals surface area contributed by atoms with Crippen LogP contribution in [0.2, 0.25) is 0 Å². The molecule has 0 amide bonds. The van der Waals surface area contributed by atoms with Gasteiger partial charge in [-0.05, 0) is 30.6 Å². The number of esters is 1. The van der Waals surface area contributed by atoms with Gasteiger partial charge in [-0.1, -0.05) is 42.5 Å². The van der Waals surface area contributed by atoms with Gasteiger partial charge in [0.05, 0.1) is 19.2 Å². The van der Waals surface area contributed by atoms with E-state index in [1.165, 1.54) is 21.3 Å². The van der Waals surface area contributed by atoms with Crippen molar-refractivity contribution in [3.05, 3.63) is 48.0 Å². The highest BCUT2D eigenvalue weighted by Gasteiger charge is 2.65. The molecule has 28 heavy (non-hydrogen) atoms. The Morgan fingerprint density at radius 3 is 2.54 bits per heavy atom. The summed E-state index contributed by atoms with van der Waals surface area (Å²) in [7, 11) is -0.0783. The molecule has 3 atom stereocenters. The highest BCUT2D eigenvalue weighted by molar-refractivity contribution is 7.80. The van der Waals surface area contributed by atoms with Crippen LogP contribution in [-0.4, -0.2) is 55.2 Å². The lowest BCUT2D eigenvalue weighted by molar-refractivity contribution is -0.146. The topological polar surface area (TPSA) is 74.3 Å². The second-order valence-corrected chi connectivity index (χ2v) is 9.47. The third-order valence-corrected chi connectivity index (χ3v) is 8.34. The van der Waals surface area contributed by atoms with Gasteiger partial charge in [0, 0.05) is 14.2 Å². The van der Waals surface area contributed by atoms with Crippen LogP contribution < -0.4 is 0 Å². The molecule has 1 aromatic rings. The van der Waals surface area contributed by atoms with Crippen molar-refractivity contribution in [3.63, 3.8) is 0 Å². The lowest BCUT2D eigenvalue weighted by Gasteiger charge is -2.46. The molecule has 1 aliphatic heterocycles. The van der Waals surface area contributed by atoms with Crippen molar-refractivity contribution in [2.75, 3.05) is 27.9 Å². The molecule has 0 spiro atoms. The molecule has 152 valence electrons. The normalized spacial score (nSPS) is 27.5. The first-order chi connectivity index (χ1) is 13.4. The molecule has 0 N–H and O–H groups in total. The van der Waals surface area contributed by atoms with Gasteiger partial charge in [-0.2, -0.15) is 0 Å². The number of hydrogen-bond donors (Lipinski definition) is 0. The van der Waals surface area contributed by atoms with E-state index in [0.29, 0.717) is 13.0 Å². The van der Waals surface area contributed by atoms with Crippen LogP contribution in [0.4, 0.5) is 0 Å². The molecule has 1 aromatic carbocycles. The lowest BCUT2D eigenvalue weighted by atomic mass is 9.86. The summed E-state index contributed by atoms with van der Waals surface area (Å²) in [6, 6.07) is 8.75. The maximum Gasteiger partial charge on any atom is 0.349 e. The number of allylic oxidation sites excluding steroid dienone is 1. The number of methoxy groups -OCH3 is 1. The molecule has 1 heterocycles. The number of carbonyl (C=O) groups is 1. The van der Waals surface area contributed by atoms with Crippen LogP contribution in [0.25, 0.3) is 0 Å². The Balaban J connectivity index is 2.16. The zero-order valence-corrected chi connectivity index (χ0v) is 17.8. The third kappa shape index (κ3) is 3.18. The molecule has 3 rings (SSSR count). The molecule has 1 aliphatic carbocycles. The van der Waals surface area contributed by atoms with E-state index in [1.54, 1.807) is 0 Å². The fraction of sp³-hybridized carbons (Fsp3) is 0.474. The average molecular weight is 425 g/mol. The van der Waals surface area contributed by atoms with Crippen LogP contribution >= 0.6 is 19.8 Å². The fourth-order valence-electron chi connectivity index (χ4n) is 4.04. The Bertz CT molecular complexity index is 808. The summed E-state index contributed by atoms with van der Waals surface area (Å²) in [4.78, 5) is 14.9. The number of ether oxygens (including phenoxy) is 2. The second-order valence-electron chi connectivity index (χ2n) is 6.60. The Kier molecular flexibility index (Phi) is 6.25. The van der Waals surface area contributed by atoms with Gasteiger partial charge >= 0.3 is 13.6 Å². The number of rotatable bonds is 6. The van der Waals surface area contributed by atoms with E-state index in [4.69, 9.17) is 30.7 Å². The number of benzene rings is 1. The molecule has 0 radical (unpaired) electrons. The first-order valence-electron chi connectivity index (χ1n) is 8.92. The van der Waals surface area contributed by atoms with E-state index in [2.05, 4.69) is 0 Å². The largest absolute Gasteiger partial charge is 0.468 e. The fourth-order valence-corrected chi connectivity index (χ4v) is 6.40. The summed E-state index contributed by atoms with van der Waals surface area (Å²) in [6.45, 7) is 0.328. The van der Waals surface area contributed by atoms with Crippen molar-refractivity contribution in [3.8, 4) is 0 Å². The van der Waals surface area contributed by atoms with Gasteiger partial charge in [-0.25, -0.2) is 0 Å². The van der Waals surface area contributed by atoms with Crippen LogP contribution in [0, 0.1) is 0 Å². The third-order valence-electron chi connectivity index (χ3n) is 5.40. The van der Waals surface area contributed by atoms with E-state index in [9.17, 15) is 9.36 Å². The van der Waals surface area contributed by atoms with Crippen molar-refractivity contribution in [1.82, 2.24) is 4.90 Å². The number of hydrogen-bond acceptors (Lipinski definition) is 7. The number of carbonyl (C=O) groups excluding carboxylic acids is 1. The lowest BCUT2D eigenvalue weighted by Crippen LogP contribution is -2.58. The van der Waals surface area contributed by atoms with Crippen LogP contribution in [0.3, 0.4) is 0 Å². The Morgan fingerprint density at radius 2 is 1.93 bits per heavy atom. The molecule has 9 heteroatoms. The van der Waals surface area contributed by atoms with Crippen LogP contribution in [0.5, 0.6) is 0 Å². The molecular formula is C19H24NO6PS. The van der Waals surface area contributed by atoms with E-state index in [1.807, 2.05) is 47.4 Å². The number of thiocarbonyl (C=S) groups is 1. The molecule has 1 saturated heterocycles. The van der Waals surface area contributed by atoms with Crippen molar-refractivity contribution in [1.29, 1.82) is 0 Å². The van der Waals surface area contributed by atoms with Gasteiger partial charge in [0.15, 0.2) is 5.16 Å². The molecule has 0 bridgehead atoms. The number of nitrogens with zero attached hydrogens (tertiary/aromatic N) is 1. The average Bonchev–Trinajstić information content (AvgIpc) is 3.14. The second kappa shape index (κ2) is 8.33. The first-order valence-corrected chi connectivity index (χ1v) is 10.9. The minimum atomic E-state index is -3.90. The standard InChI is InChI=1S/C19H24NO6PS/c1-23-17(21)19(27(22,24-2)25-3)12-8-7-11-16(19)20-15(13-26-18(20)28)14-9-5-4-6-10-14/h4-7,9-11,15-16H,8,12-13H2,1-3H3. The highest BCUT2D eigenvalue weighted by atomic mass is 32.1. The van der Waals surface area contributed by atoms with Gasteiger partial charge < -0.3 is 23.4 Å². The molecule has 0 saturated carbocycles. The van der Waals surface area contributed by atoms with Crippen molar-refractivity contribution in [2.45, 2.75) is 30.1 Å². The predicted octanol–water partition coefficient (Wildman–Crippen LogP) is 3.46. The minimum absolute atomic E-state index is 0.234. The summed E-state index contributed by atoms with van der Waals surface area (Å²) in [5.74, 6) is -0.657. The van der Waals surface area contributed by atoms with Gasteiger partial charge in [-0.3, -0.25) is 9.36 Å². The quantitative estimate of drug-likeness (QED) is 0.297. The maximum atomic E-state index is 13.7. The van der Waals surface area contributed by atoms with Crippen molar-refractivity contribution in [2.24, 2.45) is 0 Å². The van der Waals surface area contributed by atoms with Gasteiger partial charge in [0.1, 0.15) is 6.61 Å². The zero-order valence-electron chi connectivity index (χ0n) is 16.1. The zero-order chi connectivity index (χ0) is 20.4. The summed E-state index contributed by atoms with van der Waals surface area (Å²) >= 11 is 5.47. The Labute approximate surface area is 170 Å². The molecule has 0 aromatic heterocycles. The van der Waals surface area contributed by atoms with E-state index in [0.717, 1.165) is 5.56 Å². The van der Waals surface area contributed by atoms with E-state index >= 15 is 0 Å². The smallest absolute Gasteiger partial charge is 0.349 e.